The number of nitrogens with one attached hydrogen (secondary N) is 1. The van der Waals surface area contributed by atoms with Crippen LogP contribution >= 0.6 is 0 Å². The van der Waals surface area contributed by atoms with E-state index in [1.807, 2.05) is 36.9 Å². The van der Waals surface area contributed by atoms with Crippen LogP contribution in [-0.4, -0.2) is 32.3 Å². The molecule has 1 N–H and O–H groups in total. The van der Waals surface area contributed by atoms with Crippen molar-refractivity contribution in [3.8, 4) is 0 Å². The van der Waals surface area contributed by atoms with E-state index < -0.39 is 10.0 Å². The minimum Gasteiger partial charge on any atom is -0.339 e. The maximum absolute atomic E-state index is 13.2. The Bertz CT molecular complexity index is 1280. The highest BCUT2D eigenvalue weighted by atomic mass is 32.2. The van der Waals surface area contributed by atoms with Gasteiger partial charge in [-0.2, -0.15) is 0 Å². The number of anilines is 1. The van der Waals surface area contributed by atoms with E-state index in [0.29, 0.717) is 35.8 Å². The highest BCUT2D eigenvalue weighted by Gasteiger charge is 2.26. The van der Waals surface area contributed by atoms with Gasteiger partial charge in [-0.1, -0.05) is 42.5 Å². The minimum atomic E-state index is -3.82. The van der Waals surface area contributed by atoms with Gasteiger partial charge in [-0.25, -0.2) is 8.42 Å². The summed E-state index contributed by atoms with van der Waals surface area (Å²) in [6, 6.07) is 20.9. The predicted molar refractivity (Wildman–Crippen MR) is 137 cm³/mol. The Labute approximate surface area is 202 Å². The molecule has 34 heavy (non-hydrogen) atoms. The van der Waals surface area contributed by atoms with Crippen molar-refractivity contribution in [1.29, 1.82) is 0 Å². The molecule has 1 saturated heterocycles. The molecular formula is C28H32N2O3S. The van der Waals surface area contributed by atoms with Crippen molar-refractivity contribution < 1.29 is 13.2 Å². The fraction of sp³-hybridized carbons (Fsp3) is 0.321. The summed E-state index contributed by atoms with van der Waals surface area (Å²) in [4.78, 5) is 15.2. The van der Waals surface area contributed by atoms with Gasteiger partial charge < -0.3 is 4.90 Å². The van der Waals surface area contributed by atoms with Gasteiger partial charge in [0.05, 0.1) is 4.90 Å². The van der Waals surface area contributed by atoms with E-state index in [4.69, 9.17) is 0 Å². The van der Waals surface area contributed by atoms with Gasteiger partial charge in [-0.05, 0) is 92.5 Å². The predicted octanol–water partition coefficient (Wildman–Crippen LogP) is 5.51. The molecule has 1 amide bonds. The largest absolute Gasteiger partial charge is 0.339 e. The molecule has 1 aliphatic rings. The molecule has 0 aliphatic carbocycles. The SMILES string of the molecule is Cc1ccc(NS(=O)(=O)c2cc(C(=O)N3CCC(Cc4ccccc4)CC3)ccc2C)cc1C. The zero-order valence-electron chi connectivity index (χ0n) is 20.0. The number of benzene rings is 3. The lowest BCUT2D eigenvalue weighted by molar-refractivity contribution is 0.0690. The second kappa shape index (κ2) is 10.0. The Balaban J connectivity index is 1.46. The number of likely N-dealkylation sites (tertiary alicyclic amines) is 1. The van der Waals surface area contributed by atoms with Crippen molar-refractivity contribution in [1.82, 2.24) is 4.90 Å². The van der Waals surface area contributed by atoms with Crippen LogP contribution in [0.4, 0.5) is 5.69 Å². The van der Waals surface area contributed by atoms with Gasteiger partial charge in [0.1, 0.15) is 0 Å². The molecule has 1 aliphatic heterocycles. The van der Waals surface area contributed by atoms with Crippen LogP contribution in [0.5, 0.6) is 0 Å². The zero-order chi connectivity index (χ0) is 24.3. The first-order valence-electron chi connectivity index (χ1n) is 11.8. The standard InChI is InChI=1S/C28H32N2O3S/c1-20-10-12-26(17-22(20)3)29-34(32,33)27-19-25(11-9-21(27)2)28(31)30-15-13-24(14-16-30)18-23-7-5-4-6-8-23/h4-12,17,19,24,29H,13-16,18H2,1-3H3. The number of hydrogen-bond acceptors (Lipinski definition) is 3. The first kappa shape index (κ1) is 24.0. The van der Waals surface area contributed by atoms with E-state index in [-0.39, 0.29) is 10.8 Å². The molecule has 5 nitrogen and oxygen atoms in total. The molecule has 178 valence electrons. The quantitative estimate of drug-likeness (QED) is 0.510. The number of hydrogen-bond donors (Lipinski definition) is 1. The second-order valence-electron chi connectivity index (χ2n) is 9.31. The highest BCUT2D eigenvalue weighted by molar-refractivity contribution is 7.92. The maximum atomic E-state index is 13.2. The molecular weight excluding hydrogens is 444 g/mol. The van der Waals surface area contributed by atoms with Crippen molar-refractivity contribution >= 4 is 21.6 Å². The van der Waals surface area contributed by atoms with Crippen molar-refractivity contribution in [2.75, 3.05) is 17.8 Å². The molecule has 4 rings (SSSR count). The van der Waals surface area contributed by atoms with E-state index in [9.17, 15) is 13.2 Å². The fourth-order valence-electron chi connectivity index (χ4n) is 4.51. The first-order chi connectivity index (χ1) is 16.2. The summed E-state index contributed by atoms with van der Waals surface area (Å²) in [5.41, 5.74) is 4.97. The maximum Gasteiger partial charge on any atom is 0.262 e. The minimum absolute atomic E-state index is 0.110. The third-order valence-corrected chi connectivity index (χ3v) is 8.28. The lowest BCUT2D eigenvalue weighted by Gasteiger charge is -2.32. The van der Waals surface area contributed by atoms with Crippen molar-refractivity contribution in [2.45, 2.75) is 44.9 Å². The molecule has 0 atom stereocenters. The summed E-state index contributed by atoms with van der Waals surface area (Å²) in [6.45, 7) is 7.05. The number of rotatable bonds is 6. The fourth-order valence-corrected chi connectivity index (χ4v) is 5.83. The lowest BCUT2D eigenvalue weighted by atomic mass is 9.90. The number of piperidine rings is 1. The Hall–Kier alpha value is -3.12. The summed E-state index contributed by atoms with van der Waals surface area (Å²) in [5.74, 6) is 0.448. The Kier molecular flexibility index (Phi) is 7.08. The van der Waals surface area contributed by atoms with E-state index in [1.165, 1.54) is 11.6 Å². The second-order valence-corrected chi connectivity index (χ2v) is 11.0. The molecule has 0 radical (unpaired) electrons. The van der Waals surface area contributed by atoms with E-state index in [0.717, 1.165) is 30.4 Å². The average Bonchev–Trinajstić information content (AvgIpc) is 2.82. The van der Waals surface area contributed by atoms with Gasteiger partial charge >= 0.3 is 0 Å². The number of carbonyl (C=O) groups excluding carboxylic acids is 1. The normalized spacial score (nSPS) is 14.7. The van der Waals surface area contributed by atoms with Gasteiger partial charge in [0, 0.05) is 24.3 Å². The van der Waals surface area contributed by atoms with Crippen molar-refractivity contribution in [2.24, 2.45) is 5.92 Å². The Morgan fingerprint density at radius 2 is 1.56 bits per heavy atom. The van der Waals surface area contributed by atoms with E-state index in [2.05, 4.69) is 29.0 Å². The van der Waals surface area contributed by atoms with Gasteiger partial charge in [0.25, 0.3) is 15.9 Å². The number of amides is 1. The summed E-state index contributed by atoms with van der Waals surface area (Å²) in [7, 11) is -3.82. The molecule has 0 spiro atoms. The van der Waals surface area contributed by atoms with Crippen LogP contribution in [0.15, 0.2) is 71.6 Å². The van der Waals surface area contributed by atoms with Gasteiger partial charge in [0.2, 0.25) is 0 Å². The summed E-state index contributed by atoms with van der Waals surface area (Å²) >= 11 is 0. The zero-order valence-corrected chi connectivity index (χ0v) is 20.9. The van der Waals surface area contributed by atoms with Crippen LogP contribution in [0.3, 0.4) is 0 Å². The molecule has 0 saturated carbocycles. The lowest BCUT2D eigenvalue weighted by Crippen LogP contribution is -2.39. The average molecular weight is 477 g/mol. The van der Waals surface area contributed by atoms with Crippen LogP contribution in [0, 0.1) is 26.7 Å². The molecule has 1 fully saturated rings. The molecule has 0 unspecified atom stereocenters. The van der Waals surface area contributed by atoms with Crippen LogP contribution < -0.4 is 4.72 Å². The van der Waals surface area contributed by atoms with Crippen molar-refractivity contribution in [3.63, 3.8) is 0 Å². The number of aryl methyl sites for hydroxylation is 3. The first-order valence-corrected chi connectivity index (χ1v) is 13.2. The molecule has 6 heteroatoms. The third kappa shape index (κ3) is 5.50. The van der Waals surface area contributed by atoms with Crippen LogP contribution in [0.2, 0.25) is 0 Å². The topological polar surface area (TPSA) is 66.5 Å². The number of sulfonamides is 1. The summed E-state index contributed by atoms with van der Waals surface area (Å²) < 4.78 is 29.0. The van der Waals surface area contributed by atoms with E-state index >= 15 is 0 Å². The van der Waals surface area contributed by atoms with E-state index in [1.54, 1.807) is 25.1 Å². The van der Waals surface area contributed by atoms with Crippen molar-refractivity contribution in [3.05, 3.63) is 94.5 Å². The molecule has 3 aromatic rings. The monoisotopic (exact) mass is 476 g/mol. The molecule has 0 aromatic heterocycles. The molecule has 3 aromatic carbocycles. The summed E-state index contributed by atoms with van der Waals surface area (Å²) in [5, 5.41) is 0. The molecule has 0 bridgehead atoms. The van der Waals surface area contributed by atoms with Gasteiger partial charge in [0.15, 0.2) is 0 Å². The van der Waals surface area contributed by atoms with Crippen LogP contribution in [0.25, 0.3) is 0 Å². The Morgan fingerprint density at radius 3 is 2.24 bits per heavy atom. The molecule has 1 heterocycles. The van der Waals surface area contributed by atoms with Crippen LogP contribution in [-0.2, 0) is 16.4 Å². The van der Waals surface area contributed by atoms with Gasteiger partial charge in [-0.15, -0.1) is 0 Å². The third-order valence-electron chi connectivity index (χ3n) is 6.75. The smallest absolute Gasteiger partial charge is 0.262 e. The number of carbonyl (C=O) groups is 1. The summed E-state index contributed by atoms with van der Waals surface area (Å²) in [6.07, 6.45) is 2.93. The highest BCUT2D eigenvalue weighted by Crippen LogP contribution is 2.26. The number of nitrogens with zero attached hydrogens (tertiary/aromatic N) is 1. The van der Waals surface area contributed by atoms with Gasteiger partial charge in [-0.3, -0.25) is 9.52 Å². The van der Waals surface area contributed by atoms with Crippen LogP contribution in [0.1, 0.15) is 45.5 Å². The Morgan fingerprint density at radius 1 is 0.882 bits per heavy atom.